The summed E-state index contributed by atoms with van der Waals surface area (Å²) in [5.74, 6) is -0.535. The van der Waals surface area contributed by atoms with E-state index < -0.39 is 17.6 Å². The number of hydrogen-bond donors (Lipinski definition) is 2. The van der Waals surface area contributed by atoms with Crippen LogP contribution in [0.3, 0.4) is 0 Å². The van der Waals surface area contributed by atoms with E-state index in [1.165, 1.54) is 6.07 Å². The molecule has 3 nitrogen and oxygen atoms in total. The first kappa shape index (κ1) is 16.4. The molecule has 1 aromatic heterocycles. The lowest BCUT2D eigenvalue weighted by atomic mass is 10.1. The van der Waals surface area contributed by atoms with Gasteiger partial charge in [-0.05, 0) is 29.8 Å². The number of nitrogens with one attached hydrogen (secondary N) is 2. The summed E-state index contributed by atoms with van der Waals surface area (Å²) >= 11 is 5.62. The van der Waals surface area contributed by atoms with Gasteiger partial charge in [-0.15, -0.1) is 0 Å². The third-order valence-electron chi connectivity index (χ3n) is 3.59. The van der Waals surface area contributed by atoms with E-state index in [0.29, 0.717) is 5.56 Å². The van der Waals surface area contributed by atoms with E-state index in [1.807, 2.05) is 24.3 Å². The molecular formula is C17H12ClF3N2O. The Kier molecular flexibility index (Phi) is 4.24. The first-order valence-electron chi connectivity index (χ1n) is 7.06. The molecule has 1 heterocycles. The maximum Gasteiger partial charge on any atom is 0.418 e. The minimum Gasteiger partial charge on any atom is -0.361 e. The van der Waals surface area contributed by atoms with Crippen LogP contribution in [-0.4, -0.2) is 10.9 Å². The Morgan fingerprint density at radius 3 is 2.67 bits per heavy atom. The van der Waals surface area contributed by atoms with Gasteiger partial charge in [-0.25, -0.2) is 0 Å². The number of halogens is 4. The number of alkyl halides is 3. The summed E-state index contributed by atoms with van der Waals surface area (Å²) in [6.45, 7) is 0. The van der Waals surface area contributed by atoms with Crippen molar-refractivity contribution in [1.82, 2.24) is 4.98 Å². The third-order valence-corrected chi connectivity index (χ3v) is 3.82. The Labute approximate surface area is 140 Å². The molecule has 2 aromatic carbocycles. The molecule has 0 saturated carbocycles. The van der Waals surface area contributed by atoms with Gasteiger partial charge in [0.15, 0.2) is 0 Å². The molecule has 3 aromatic rings. The molecule has 7 heteroatoms. The van der Waals surface area contributed by atoms with Crippen molar-refractivity contribution in [2.45, 2.75) is 12.6 Å². The number of para-hydroxylation sites is 1. The first-order chi connectivity index (χ1) is 11.3. The van der Waals surface area contributed by atoms with Gasteiger partial charge in [0.2, 0.25) is 5.91 Å². The Bertz CT molecular complexity index is 902. The molecule has 24 heavy (non-hydrogen) atoms. The van der Waals surface area contributed by atoms with Crippen LogP contribution >= 0.6 is 11.6 Å². The Hall–Kier alpha value is -2.47. The van der Waals surface area contributed by atoms with E-state index in [4.69, 9.17) is 11.6 Å². The highest BCUT2D eigenvalue weighted by Crippen LogP contribution is 2.36. The lowest BCUT2D eigenvalue weighted by molar-refractivity contribution is -0.137. The molecule has 0 fully saturated rings. The number of carbonyl (C=O) groups excluding carboxylic acids is 1. The quantitative estimate of drug-likeness (QED) is 0.683. The largest absolute Gasteiger partial charge is 0.418 e. The minimum absolute atomic E-state index is 0.0378. The lowest BCUT2D eigenvalue weighted by Gasteiger charge is -2.14. The minimum atomic E-state index is -4.60. The number of fused-ring (bicyclic) bond motifs is 1. The van der Waals surface area contributed by atoms with Crippen LogP contribution in [0.4, 0.5) is 18.9 Å². The summed E-state index contributed by atoms with van der Waals surface area (Å²) < 4.78 is 39.1. The molecule has 0 bridgehead atoms. The zero-order valence-electron chi connectivity index (χ0n) is 12.2. The molecule has 0 saturated heterocycles. The van der Waals surface area contributed by atoms with Crippen molar-refractivity contribution in [1.29, 1.82) is 0 Å². The molecule has 0 spiro atoms. The molecule has 0 atom stereocenters. The van der Waals surface area contributed by atoms with Crippen molar-refractivity contribution in [3.63, 3.8) is 0 Å². The van der Waals surface area contributed by atoms with Gasteiger partial charge < -0.3 is 10.3 Å². The molecule has 124 valence electrons. The number of aromatic nitrogens is 1. The van der Waals surface area contributed by atoms with Crippen LogP contribution in [0.25, 0.3) is 10.9 Å². The fourth-order valence-corrected chi connectivity index (χ4v) is 2.68. The van der Waals surface area contributed by atoms with Crippen LogP contribution in [0.1, 0.15) is 11.1 Å². The van der Waals surface area contributed by atoms with E-state index in [0.717, 1.165) is 23.0 Å². The molecule has 0 aliphatic rings. The van der Waals surface area contributed by atoms with Crippen molar-refractivity contribution in [2.24, 2.45) is 0 Å². The highest BCUT2D eigenvalue weighted by Gasteiger charge is 2.34. The Balaban J connectivity index is 1.83. The van der Waals surface area contributed by atoms with Gasteiger partial charge in [-0.3, -0.25) is 4.79 Å². The van der Waals surface area contributed by atoms with E-state index >= 15 is 0 Å². The highest BCUT2D eigenvalue weighted by atomic mass is 35.5. The van der Waals surface area contributed by atoms with Crippen molar-refractivity contribution in [3.05, 3.63) is 64.8 Å². The zero-order chi connectivity index (χ0) is 17.3. The summed E-state index contributed by atoms with van der Waals surface area (Å²) in [5, 5.41) is 3.13. The van der Waals surface area contributed by atoms with Gasteiger partial charge in [0.25, 0.3) is 0 Å². The predicted molar refractivity (Wildman–Crippen MR) is 87.1 cm³/mol. The van der Waals surface area contributed by atoms with Crippen molar-refractivity contribution in [2.75, 3.05) is 5.32 Å². The Morgan fingerprint density at radius 1 is 1.17 bits per heavy atom. The monoisotopic (exact) mass is 352 g/mol. The van der Waals surface area contributed by atoms with Crippen LogP contribution in [-0.2, 0) is 17.4 Å². The topological polar surface area (TPSA) is 44.9 Å². The number of carbonyl (C=O) groups is 1. The van der Waals surface area contributed by atoms with Crippen LogP contribution in [0.5, 0.6) is 0 Å². The number of rotatable bonds is 3. The number of H-pyrrole nitrogens is 1. The van der Waals surface area contributed by atoms with E-state index in [9.17, 15) is 18.0 Å². The fraction of sp³-hybridized carbons (Fsp3) is 0.118. The summed E-state index contributed by atoms with van der Waals surface area (Å²) in [6, 6.07) is 10.6. The van der Waals surface area contributed by atoms with Gasteiger partial charge in [0, 0.05) is 22.1 Å². The van der Waals surface area contributed by atoms with E-state index in [2.05, 4.69) is 10.3 Å². The molecule has 0 unspecified atom stereocenters. The second-order valence-corrected chi connectivity index (χ2v) is 5.71. The summed E-state index contributed by atoms with van der Waals surface area (Å²) in [7, 11) is 0. The van der Waals surface area contributed by atoms with Crippen molar-refractivity contribution in [3.8, 4) is 0 Å². The van der Waals surface area contributed by atoms with Crippen LogP contribution in [0.2, 0.25) is 5.02 Å². The number of aromatic amines is 1. The smallest absolute Gasteiger partial charge is 0.361 e. The molecule has 0 aliphatic heterocycles. The average Bonchev–Trinajstić information content (AvgIpc) is 2.91. The van der Waals surface area contributed by atoms with Gasteiger partial charge in [-0.1, -0.05) is 29.8 Å². The molecule has 3 rings (SSSR count). The maximum absolute atomic E-state index is 13.0. The average molecular weight is 353 g/mol. The Morgan fingerprint density at radius 2 is 1.92 bits per heavy atom. The van der Waals surface area contributed by atoms with Crippen LogP contribution in [0.15, 0.2) is 48.7 Å². The normalized spacial score (nSPS) is 11.7. The second kappa shape index (κ2) is 6.20. The zero-order valence-corrected chi connectivity index (χ0v) is 13.0. The lowest BCUT2D eigenvalue weighted by Crippen LogP contribution is -2.18. The molecular weight excluding hydrogens is 341 g/mol. The second-order valence-electron chi connectivity index (χ2n) is 5.27. The number of anilines is 1. The van der Waals surface area contributed by atoms with Crippen LogP contribution in [0, 0.1) is 0 Å². The van der Waals surface area contributed by atoms with Gasteiger partial charge in [0.05, 0.1) is 17.7 Å². The highest BCUT2D eigenvalue weighted by molar-refractivity contribution is 6.30. The molecule has 0 aliphatic carbocycles. The number of hydrogen-bond acceptors (Lipinski definition) is 1. The fourth-order valence-electron chi connectivity index (χ4n) is 2.51. The molecule has 2 N–H and O–H groups in total. The standard InChI is InChI=1S/C17H12ClF3N2O/c18-11-5-6-15(13(8-11)17(19,20)21)23-16(24)7-10-9-22-14-4-2-1-3-12(10)14/h1-6,8-9,22H,7H2,(H,23,24). The molecule has 0 radical (unpaired) electrons. The van der Waals surface area contributed by atoms with Gasteiger partial charge in [0.1, 0.15) is 0 Å². The summed E-state index contributed by atoms with van der Waals surface area (Å²) in [6.07, 6.45) is -2.96. The van der Waals surface area contributed by atoms with E-state index in [1.54, 1.807) is 6.20 Å². The van der Waals surface area contributed by atoms with Crippen molar-refractivity contribution >= 4 is 34.1 Å². The maximum atomic E-state index is 13.0. The first-order valence-corrected chi connectivity index (χ1v) is 7.44. The predicted octanol–water partition coefficient (Wildman–Crippen LogP) is 5.02. The molecule has 1 amide bonds. The summed E-state index contributed by atoms with van der Waals surface area (Å²) in [5.41, 5.74) is 0.299. The SMILES string of the molecule is O=C(Cc1c[nH]c2ccccc12)Nc1ccc(Cl)cc1C(F)(F)F. The third kappa shape index (κ3) is 3.38. The number of benzene rings is 2. The van der Waals surface area contributed by atoms with Crippen LogP contribution < -0.4 is 5.32 Å². The van der Waals surface area contributed by atoms with Gasteiger partial charge in [-0.2, -0.15) is 13.2 Å². The van der Waals surface area contributed by atoms with Gasteiger partial charge >= 0.3 is 6.18 Å². The summed E-state index contributed by atoms with van der Waals surface area (Å²) in [4.78, 5) is 15.2. The van der Waals surface area contributed by atoms with Crippen molar-refractivity contribution < 1.29 is 18.0 Å². The van der Waals surface area contributed by atoms with E-state index in [-0.39, 0.29) is 17.1 Å². The number of amides is 1.